The molecule has 1 aliphatic rings. The molecule has 7 nitrogen and oxygen atoms in total. The zero-order valence-electron chi connectivity index (χ0n) is 15.5. The highest BCUT2D eigenvalue weighted by Crippen LogP contribution is 2.24. The number of hydrogen-bond donors (Lipinski definition) is 2. The van der Waals surface area contributed by atoms with E-state index in [1.165, 1.54) is 0 Å². The summed E-state index contributed by atoms with van der Waals surface area (Å²) in [6, 6.07) is 11.1. The van der Waals surface area contributed by atoms with Crippen molar-refractivity contribution in [3.63, 3.8) is 0 Å². The van der Waals surface area contributed by atoms with Crippen molar-refractivity contribution < 1.29 is 9.94 Å². The normalized spacial score (nSPS) is 15.2. The molecule has 0 aliphatic carbocycles. The molecule has 1 aromatic heterocycles. The Morgan fingerprint density at radius 3 is 2.48 bits per heavy atom. The standard InChI is InChI=1S/C19H24ClN5O2/c1-14(2)27-16-7-5-15(6-8-16)22-19(23-26)25-12-10-24(11-13-25)18-17(20)4-3-9-21-18/h3-9,14,26H,10-13H2,1-2H3,(H,22,23). The molecule has 0 bridgehead atoms. The number of halogens is 1. The third kappa shape index (κ3) is 5.02. The molecule has 0 radical (unpaired) electrons. The maximum atomic E-state index is 9.55. The molecule has 1 saturated heterocycles. The predicted octanol–water partition coefficient (Wildman–Crippen LogP) is 3.31. The van der Waals surface area contributed by atoms with E-state index in [0.717, 1.165) is 30.3 Å². The topological polar surface area (TPSA) is 73.2 Å². The molecule has 0 unspecified atom stereocenters. The Kier molecular flexibility index (Phi) is 6.36. The zero-order chi connectivity index (χ0) is 19.2. The second-order valence-electron chi connectivity index (χ2n) is 6.49. The number of piperazine rings is 1. The lowest BCUT2D eigenvalue weighted by Crippen LogP contribution is -2.52. The highest BCUT2D eigenvalue weighted by atomic mass is 35.5. The quantitative estimate of drug-likeness (QED) is 0.475. The Bertz CT molecular complexity index is 774. The van der Waals surface area contributed by atoms with Crippen molar-refractivity contribution >= 4 is 29.1 Å². The number of nitrogens with zero attached hydrogens (tertiary/aromatic N) is 4. The van der Waals surface area contributed by atoms with Gasteiger partial charge in [-0.3, -0.25) is 5.21 Å². The van der Waals surface area contributed by atoms with E-state index < -0.39 is 0 Å². The Morgan fingerprint density at radius 1 is 1.19 bits per heavy atom. The van der Waals surface area contributed by atoms with Gasteiger partial charge in [-0.1, -0.05) is 11.6 Å². The van der Waals surface area contributed by atoms with Crippen LogP contribution in [-0.2, 0) is 0 Å². The maximum Gasteiger partial charge on any atom is 0.223 e. The number of hydrogen-bond acceptors (Lipinski definition) is 5. The van der Waals surface area contributed by atoms with Crippen LogP contribution in [0.4, 0.5) is 11.5 Å². The summed E-state index contributed by atoms with van der Waals surface area (Å²) in [7, 11) is 0. The van der Waals surface area contributed by atoms with Gasteiger partial charge in [0.25, 0.3) is 0 Å². The van der Waals surface area contributed by atoms with Crippen LogP contribution >= 0.6 is 11.6 Å². The maximum absolute atomic E-state index is 9.55. The van der Waals surface area contributed by atoms with Crippen molar-refractivity contribution in [1.29, 1.82) is 0 Å². The van der Waals surface area contributed by atoms with Gasteiger partial charge in [-0.15, -0.1) is 0 Å². The third-order valence-corrected chi connectivity index (χ3v) is 4.46. The second kappa shape index (κ2) is 8.92. The van der Waals surface area contributed by atoms with Crippen molar-refractivity contribution in [2.75, 3.05) is 31.1 Å². The van der Waals surface area contributed by atoms with Crippen LogP contribution in [0, 0.1) is 0 Å². The van der Waals surface area contributed by atoms with E-state index in [1.807, 2.05) is 55.1 Å². The van der Waals surface area contributed by atoms with Gasteiger partial charge in [0.2, 0.25) is 5.96 Å². The fourth-order valence-electron chi connectivity index (χ4n) is 2.90. The van der Waals surface area contributed by atoms with Crippen LogP contribution in [0.3, 0.4) is 0 Å². The van der Waals surface area contributed by atoms with Gasteiger partial charge in [0, 0.05) is 32.4 Å². The Hall–Kier alpha value is -2.51. The molecule has 0 amide bonds. The Morgan fingerprint density at radius 2 is 1.89 bits per heavy atom. The number of nitrogens with one attached hydrogen (secondary N) is 1. The van der Waals surface area contributed by atoms with Crippen LogP contribution in [-0.4, -0.2) is 53.3 Å². The van der Waals surface area contributed by atoms with Crippen molar-refractivity contribution in [1.82, 2.24) is 15.4 Å². The van der Waals surface area contributed by atoms with Gasteiger partial charge in [0.15, 0.2) is 0 Å². The number of anilines is 1. The van der Waals surface area contributed by atoms with E-state index in [2.05, 4.69) is 20.4 Å². The molecular weight excluding hydrogens is 366 g/mol. The van der Waals surface area contributed by atoms with Gasteiger partial charge in [0.1, 0.15) is 11.6 Å². The molecule has 8 heteroatoms. The number of benzene rings is 1. The van der Waals surface area contributed by atoms with E-state index in [0.29, 0.717) is 24.1 Å². The van der Waals surface area contributed by atoms with Crippen LogP contribution in [0.1, 0.15) is 13.8 Å². The molecular formula is C19H24ClN5O2. The van der Waals surface area contributed by atoms with Crippen LogP contribution in [0.15, 0.2) is 47.6 Å². The first-order chi connectivity index (χ1) is 13.1. The first-order valence-corrected chi connectivity index (χ1v) is 9.30. The lowest BCUT2D eigenvalue weighted by Gasteiger charge is -2.36. The number of hydroxylamine groups is 1. The monoisotopic (exact) mass is 389 g/mol. The number of guanidine groups is 1. The van der Waals surface area contributed by atoms with Crippen LogP contribution < -0.4 is 15.1 Å². The van der Waals surface area contributed by atoms with Gasteiger partial charge in [-0.2, -0.15) is 0 Å². The number of aliphatic imine (C=N–C) groups is 1. The molecule has 1 aromatic carbocycles. The average Bonchev–Trinajstić information content (AvgIpc) is 2.68. The molecule has 0 atom stereocenters. The smallest absolute Gasteiger partial charge is 0.223 e. The van der Waals surface area contributed by atoms with E-state index in [4.69, 9.17) is 16.3 Å². The third-order valence-electron chi connectivity index (χ3n) is 4.16. The number of rotatable bonds is 4. The van der Waals surface area contributed by atoms with Crippen molar-refractivity contribution in [3.05, 3.63) is 47.6 Å². The second-order valence-corrected chi connectivity index (χ2v) is 6.90. The minimum atomic E-state index is 0.123. The summed E-state index contributed by atoms with van der Waals surface area (Å²) in [6.45, 7) is 6.81. The van der Waals surface area contributed by atoms with Gasteiger partial charge in [0.05, 0.1) is 16.8 Å². The largest absolute Gasteiger partial charge is 0.491 e. The summed E-state index contributed by atoms with van der Waals surface area (Å²) in [5.41, 5.74) is 2.95. The summed E-state index contributed by atoms with van der Waals surface area (Å²) >= 11 is 6.23. The van der Waals surface area contributed by atoms with E-state index in [1.54, 1.807) is 6.20 Å². The summed E-state index contributed by atoms with van der Waals surface area (Å²) in [6.07, 6.45) is 1.86. The molecule has 0 saturated carbocycles. The summed E-state index contributed by atoms with van der Waals surface area (Å²) in [5, 5.41) is 10.2. The number of pyridine rings is 1. The highest BCUT2D eigenvalue weighted by molar-refractivity contribution is 6.32. The van der Waals surface area contributed by atoms with Gasteiger partial charge < -0.3 is 14.5 Å². The summed E-state index contributed by atoms with van der Waals surface area (Å²) in [4.78, 5) is 13.0. The first kappa shape index (κ1) is 19.3. The SMILES string of the molecule is CC(C)Oc1ccc(N=C(NO)N2CCN(c3ncccc3Cl)CC2)cc1. The van der Waals surface area contributed by atoms with Gasteiger partial charge in [-0.25, -0.2) is 15.5 Å². The number of ether oxygens (including phenoxy) is 1. The molecule has 27 heavy (non-hydrogen) atoms. The molecule has 3 rings (SSSR count). The fraction of sp³-hybridized carbons (Fsp3) is 0.368. The Balaban J connectivity index is 1.65. The summed E-state index contributed by atoms with van der Waals surface area (Å²) in [5.74, 6) is 2.00. The molecule has 1 aliphatic heterocycles. The molecule has 2 aromatic rings. The lowest BCUT2D eigenvalue weighted by atomic mass is 10.3. The van der Waals surface area contributed by atoms with E-state index >= 15 is 0 Å². The minimum absolute atomic E-state index is 0.123. The zero-order valence-corrected chi connectivity index (χ0v) is 16.2. The lowest BCUT2D eigenvalue weighted by molar-refractivity contribution is 0.207. The highest BCUT2D eigenvalue weighted by Gasteiger charge is 2.22. The molecule has 2 N–H and O–H groups in total. The van der Waals surface area contributed by atoms with E-state index in [-0.39, 0.29) is 6.10 Å². The van der Waals surface area contributed by atoms with Crippen LogP contribution in [0.2, 0.25) is 5.02 Å². The van der Waals surface area contributed by atoms with Crippen molar-refractivity contribution in [3.8, 4) is 5.75 Å². The minimum Gasteiger partial charge on any atom is -0.491 e. The molecule has 1 fully saturated rings. The van der Waals surface area contributed by atoms with Crippen LogP contribution in [0.25, 0.3) is 0 Å². The molecule has 144 valence electrons. The first-order valence-electron chi connectivity index (χ1n) is 8.92. The van der Waals surface area contributed by atoms with Gasteiger partial charge >= 0.3 is 0 Å². The average molecular weight is 390 g/mol. The van der Waals surface area contributed by atoms with Crippen molar-refractivity contribution in [2.24, 2.45) is 4.99 Å². The summed E-state index contributed by atoms with van der Waals surface area (Å²) < 4.78 is 5.63. The molecule has 0 spiro atoms. The number of aromatic nitrogens is 1. The Labute approximate surface area is 164 Å². The predicted molar refractivity (Wildman–Crippen MR) is 107 cm³/mol. The van der Waals surface area contributed by atoms with Crippen LogP contribution in [0.5, 0.6) is 5.75 Å². The molecule has 2 heterocycles. The van der Waals surface area contributed by atoms with E-state index in [9.17, 15) is 5.21 Å². The fourth-order valence-corrected chi connectivity index (χ4v) is 3.14. The van der Waals surface area contributed by atoms with Crippen molar-refractivity contribution in [2.45, 2.75) is 20.0 Å². The van der Waals surface area contributed by atoms with Gasteiger partial charge in [-0.05, 0) is 50.2 Å².